The van der Waals surface area contributed by atoms with Gasteiger partial charge in [0.25, 0.3) is 5.91 Å². The minimum Gasteiger partial charge on any atom is -0.493 e. The first-order valence-electron chi connectivity index (χ1n) is 8.41. The second-order valence-electron chi connectivity index (χ2n) is 5.93. The molecule has 1 N–H and O–H groups in total. The number of aliphatic imine (C=N–C) groups is 1. The fraction of sp³-hybridized carbons (Fsp3) is 0.150. The first-order chi connectivity index (χ1) is 13.9. The van der Waals surface area contributed by atoms with Crippen molar-refractivity contribution in [2.24, 2.45) is 4.99 Å². The van der Waals surface area contributed by atoms with Crippen LogP contribution in [0.3, 0.4) is 0 Å². The number of hydrogen-bond donors (Lipinski definition) is 1. The van der Waals surface area contributed by atoms with Crippen LogP contribution in [0.25, 0.3) is 6.08 Å². The van der Waals surface area contributed by atoms with Gasteiger partial charge in [0.2, 0.25) is 5.91 Å². The molecule has 1 aliphatic heterocycles. The molecule has 9 heteroatoms. The summed E-state index contributed by atoms with van der Waals surface area (Å²) in [6.45, 7) is 1.31. The number of amides is 2. The zero-order valence-corrected chi connectivity index (χ0v) is 17.1. The average molecular weight is 435 g/mol. The molecule has 0 aromatic heterocycles. The summed E-state index contributed by atoms with van der Waals surface area (Å²) >= 11 is 7.38. The van der Waals surface area contributed by atoms with Crippen molar-refractivity contribution < 1.29 is 23.5 Å². The molecule has 1 aliphatic rings. The van der Waals surface area contributed by atoms with Crippen molar-refractivity contribution in [3.05, 3.63) is 63.3 Å². The lowest BCUT2D eigenvalue weighted by atomic mass is 10.1. The normalized spacial score (nSPS) is 14.7. The Kier molecular flexibility index (Phi) is 6.56. The highest BCUT2D eigenvalue weighted by molar-refractivity contribution is 8.18. The van der Waals surface area contributed by atoms with E-state index in [-0.39, 0.29) is 34.3 Å². The Hall–Kier alpha value is -2.84. The summed E-state index contributed by atoms with van der Waals surface area (Å²) in [5.41, 5.74) is 0.965. The number of halogens is 2. The summed E-state index contributed by atoms with van der Waals surface area (Å²) in [6.07, 6.45) is 1.58. The number of hydrogen-bond acceptors (Lipinski definition) is 5. The smallest absolute Gasteiger partial charge is 0.286 e. The Bertz CT molecular complexity index is 1040. The van der Waals surface area contributed by atoms with E-state index >= 15 is 0 Å². The number of nitrogens with zero attached hydrogens (tertiary/aromatic N) is 1. The molecule has 0 spiro atoms. The topological polar surface area (TPSA) is 77.0 Å². The van der Waals surface area contributed by atoms with Crippen LogP contribution >= 0.6 is 23.4 Å². The quantitative estimate of drug-likeness (QED) is 0.714. The van der Waals surface area contributed by atoms with Gasteiger partial charge in [0.05, 0.1) is 17.0 Å². The Morgan fingerprint density at radius 1 is 1.34 bits per heavy atom. The summed E-state index contributed by atoms with van der Waals surface area (Å²) in [5, 5.41) is 2.94. The summed E-state index contributed by atoms with van der Waals surface area (Å²) in [6, 6.07) is 9.50. The second-order valence-corrected chi connectivity index (χ2v) is 7.37. The van der Waals surface area contributed by atoms with Crippen molar-refractivity contribution in [1.29, 1.82) is 0 Å². The van der Waals surface area contributed by atoms with Crippen LogP contribution in [-0.4, -0.2) is 24.1 Å². The maximum atomic E-state index is 13.8. The highest BCUT2D eigenvalue weighted by Gasteiger charge is 2.23. The Morgan fingerprint density at radius 2 is 2.10 bits per heavy atom. The molecule has 2 aromatic carbocycles. The molecule has 0 atom stereocenters. The van der Waals surface area contributed by atoms with E-state index < -0.39 is 5.91 Å². The maximum Gasteiger partial charge on any atom is 0.286 e. The number of benzene rings is 2. The second kappa shape index (κ2) is 9.11. The van der Waals surface area contributed by atoms with Crippen molar-refractivity contribution in [2.45, 2.75) is 13.5 Å². The molecule has 0 fully saturated rings. The number of amidine groups is 1. The van der Waals surface area contributed by atoms with Crippen LogP contribution in [0.5, 0.6) is 11.5 Å². The van der Waals surface area contributed by atoms with Gasteiger partial charge in [-0.3, -0.25) is 9.59 Å². The number of nitrogens with one attached hydrogen (secondary N) is 1. The maximum absolute atomic E-state index is 13.8. The molecule has 29 heavy (non-hydrogen) atoms. The number of thioether (sulfide) groups is 1. The molecule has 0 radical (unpaired) electrons. The van der Waals surface area contributed by atoms with Gasteiger partial charge in [0, 0.05) is 12.5 Å². The van der Waals surface area contributed by atoms with E-state index in [0.717, 1.165) is 11.8 Å². The molecule has 2 amide bonds. The predicted octanol–water partition coefficient (Wildman–Crippen LogP) is 4.17. The van der Waals surface area contributed by atoms with Crippen LogP contribution in [0.4, 0.5) is 4.39 Å². The molecule has 6 nitrogen and oxygen atoms in total. The lowest BCUT2D eigenvalue weighted by Gasteiger charge is -2.14. The monoisotopic (exact) mass is 434 g/mol. The highest BCUT2D eigenvalue weighted by atomic mass is 35.5. The fourth-order valence-corrected chi connectivity index (χ4v) is 3.63. The molecule has 2 aromatic rings. The first-order valence-corrected chi connectivity index (χ1v) is 9.60. The molecule has 0 unspecified atom stereocenters. The average Bonchev–Trinajstić information content (AvgIpc) is 2.99. The number of rotatable bonds is 5. The van der Waals surface area contributed by atoms with Gasteiger partial charge in [-0.2, -0.15) is 4.99 Å². The highest BCUT2D eigenvalue weighted by Crippen LogP contribution is 2.38. The van der Waals surface area contributed by atoms with Gasteiger partial charge in [-0.05, 0) is 41.6 Å². The molecule has 3 rings (SSSR count). The Morgan fingerprint density at radius 3 is 2.79 bits per heavy atom. The van der Waals surface area contributed by atoms with Crippen LogP contribution in [0, 0.1) is 5.82 Å². The molecule has 0 saturated carbocycles. The van der Waals surface area contributed by atoms with Crippen molar-refractivity contribution in [1.82, 2.24) is 5.32 Å². The molecule has 150 valence electrons. The van der Waals surface area contributed by atoms with Gasteiger partial charge in [-0.1, -0.05) is 29.8 Å². The lowest BCUT2D eigenvalue weighted by Crippen LogP contribution is -2.23. The van der Waals surface area contributed by atoms with Crippen LogP contribution < -0.4 is 14.8 Å². The third kappa shape index (κ3) is 5.16. The Balaban J connectivity index is 1.81. The van der Waals surface area contributed by atoms with E-state index in [1.54, 1.807) is 36.4 Å². The van der Waals surface area contributed by atoms with E-state index in [4.69, 9.17) is 21.1 Å². The van der Waals surface area contributed by atoms with Gasteiger partial charge < -0.3 is 14.8 Å². The van der Waals surface area contributed by atoms with Gasteiger partial charge >= 0.3 is 0 Å². The largest absolute Gasteiger partial charge is 0.493 e. The standard InChI is InChI=1S/C20H16ClFN2O4S/c1-11(25)23-20-24-19(26)17(29-20)9-12-7-14(21)18(16(8-12)27-2)28-10-13-5-3-4-6-15(13)22/h3-9H,10H2,1-2H3,(H,23,24,25,26)/b17-9+. The number of ether oxygens (including phenoxy) is 2. The van der Waals surface area contributed by atoms with E-state index in [0.29, 0.717) is 21.8 Å². The summed E-state index contributed by atoms with van der Waals surface area (Å²) in [7, 11) is 1.45. The van der Waals surface area contributed by atoms with Gasteiger partial charge in [0.15, 0.2) is 16.7 Å². The minimum absolute atomic E-state index is 0.0224. The lowest BCUT2D eigenvalue weighted by molar-refractivity contribution is -0.117. The molecular formula is C20H16ClFN2O4S. The number of carbonyl (C=O) groups is 2. The molecule has 0 bridgehead atoms. The van der Waals surface area contributed by atoms with Gasteiger partial charge in [0.1, 0.15) is 12.4 Å². The zero-order valence-electron chi connectivity index (χ0n) is 15.5. The summed E-state index contributed by atoms with van der Waals surface area (Å²) < 4.78 is 24.8. The van der Waals surface area contributed by atoms with Gasteiger partial charge in [-0.15, -0.1) is 0 Å². The molecule has 0 saturated heterocycles. The van der Waals surface area contributed by atoms with Crippen LogP contribution in [0.15, 0.2) is 46.3 Å². The molecule has 1 heterocycles. The fourth-order valence-electron chi connectivity index (χ4n) is 2.49. The van der Waals surface area contributed by atoms with Crippen LogP contribution in [-0.2, 0) is 16.2 Å². The predicted molar refractivity (Wildman–Crippen MR) is 111 cm³/mol. The van der Waals surface area contributed by atoms with E-state index in [1.807, 2.05) is 0 Å². The molecular weight excluding hydrogens is 419 g/mol. The number of carbonyl (C=O) groups excluding carboxylic acids is 2. The van der Waals surface area contributed by atoms with E-state index in [1.165, 1.54) is 20.1 Å². The van der Waals surface area contributed by atoms with Crippen LogP contribution in [0.1, 0.15) is 18.1 Å². The van der Waals surface area contributed by atoms with Crippen molar-refractivity contribution in [3.8, 4) is 11.5 Å². The van der Waals surface area contributed by atoms with Crippen molar-refractivity contribution in [3.63, 3.8) is 0 Å². The van der Waals surface area contributed by atoms with E-state index in [2.05, 4.69) is 10.3 Å². The number of methoxy groups -OCH3 is 1. The third-order valence-electron chi connectivity index (χ3n) is 3.78. The van der Waals surface area contributed by atoms with Crippen LogP contribution in [0.2, 0.25) is 5.02 Å². The minimum atomic E-state index is -0.464. The summed E-state index contributed by atoms with van der Waals surface area (Å²) in [5.74, 6) is -0.560. The van der Waals surface area contributed by atoms with Crippen molar-refractivity contribution >= 4 is 46.4 Å². The Labute approximate surface area is 175 Å². The molecule has 0 aliphatic carbocycles. The van der Waals surface area contributed by atoms with Crippen molar-refractivity contribution in [2.75, 3.05) is 7.11 Å². The first kappa shape index (κ1) is 20.9. The van der Waals surface area contributed by atoms with E-state index in [9.17, 15) is 14.0 Å². The zero-order chi connectivity index (χ0) is 21.0. The summed E-state index contributed by atoms with van der Waals surface area (Å²) in [4.78, 5) is 27.2. The van der Waals surface area contributed by atoms with Gasteiger partial charge in [-0.25, -0.2) is 4.39 Å². The SMILES string of the molecule is COc1cc(/C=C2/SC(NC(C)=O)=NC2=O)cc(Cl)c1OCc1ccccc1F. The third-order valence-corrected chi connectivity index (χ3v) is 4.96.